The Labute approximate surface area is 180 Å². The number of nitrogens with zero attached hydrogens (tertiary/aromatic N) is 1. The van der Waals surface area contributed by atoms with E-state index in [0.717, 1.165) is 6.07 Å². The third-order valence-electron chi connectivity index (χ3n) is 4.50. The lowest BCUT2D eigenvalue weighted by Crippen LogP contribution is -2.17. The second-order valence-electron chi connectivity index (χ2n) is 6.70. The zero-order valence-corrected chi connectivity index (χ0v) is 17.3. The molecule has 9 nitrogen and oxygen atoms in total. The van der Waals surface area contributed by atoms with E-state index in [9.17, 15) is 23.4 Å². The van der Waals surface area contributed by atoms with Gasteiger partial charge in [0, 0.05) is 24.1 Å². The van der Waals surface area contributed by atoms with Crippen molar-refractivity contribution in [2.45, 2.75) is 6.42 Å². The van der Waals surface area contributed by atoms with Crippen molar-refractivity contribution < 1.29 is 27.5 Å². The molecule has 2 aromatic heterocycles. The van der Waals surface area contributed by atoms with Crippen molar-refractivity contribution in [3.63, 3.8) is 0 Å². The van der Waals surface area contributed by atoms with Gasteiger partial charge in [0.1, 0.15) is 34.0 Å². The SMILES string of the molecule is NS(=O)(=O)CCc1cnc(-c2c(O)cc(O)c3c(=O)cc(-c4ccccc4Cl)oc23)o1. The molecule has 4 rings (SSSR count). The molecular weight excluding hydrogens is 448 g/mol. The van der Waals surface area contributed by atoms with Gasteiger partial charge in [0.25, 0.3) is 0 Å². The second-order valence-corrected chi connectivity index (χ2v) is 8.84. The summed E-state index contributed by atoms with van der Waals surface area (Å²) in [6.07, 6.45) is 1.23. The van der Waals surface area contributed by atoms with E-state index < -0.39 is 27.0 Å². The molecule has 0 saturated heterocycles. The average Bonchev–Trinajstić information content (AvgIpc) is 3.14. The van der Waals surface area contributed by atoms with Crippen LogP contribution in [-0.4, -0.2) is 29.4 Å². The van der Waals surface area contributed by atoms with Gasteiger partial charge in [0.05, 0.1) is 17.0 Å². The van der Waals surface area contributed by atoms with Gasteiger partial charge in [-0.1, -0.05) is 23.7 Å². The molecule has 31 heavy (non-hydrogen) atoms. The Morgan fingerprint density at radius 2 is 1.84 bits per heavy atom. The van der Waals surface area contributed by atoms with Crippen molar-refractivity contribution in [1.82, 2.24) is 4.98 Å². The van der Waals surface area contributed by atoms with Gasteiger partial charge in [-0.3, -0.25) is 4.79 Å². The van der Waals surface area contributed by atoms with Gasteiger partial charge < -0.3 is 19.0 Å². The minimum atomic E-state index is -3.71. The predicted octanol–water partition coefficient (Wildman–Crippen LogP) is 3.01. The quantitative estimate of drug-likeness (QED) is 0.408. The van der Waals surface area contributed by atoms with Crippen LogP contribution in [0.15, 0.2) is 56.2 Å². The van der Waals surface area contributed by atoms with Crippen LogP contribution >= 0.6 is 11.6 Å². The molecule has 4 N–H and O–H groups in total. The highest BCUT2D eigenvalue weighted by Crippen LogP contribution is 2.41. The lowest BCUT2D eigenvalue weighted by molar-refractivity contribution is 0.450. The predicted molar refractivity (Wildman–Crippen MR) is 113 cm³/mol. The van der Waals surface area contributed by atoms with Crippen LogP contribution in [0.3, 0.4) is 0 Å². The molecule has 0 saturated carbocycles. The van der Waals surface area contributed by atoms with Crippen LogP contribution in [0.4, 0.5) is 0 Å². The Kier molecular flexibility index (Phi) is 5.21. The van der Waals surface area contributed by atoms with Gasteiger partial charge in [-0.05, 0) is 12.1 Å². The molecule has 0 radical (unpaired) electrons. The van der Waals surface area contributed by atoms with Crippen molar-refractivity contribution in [2.75, 3.05) is 5.75 Å². The number of phenols is 2. The molecule has 0 unspecified atom stereocenters. The number of primary sulfonamides is 1. The third-order valence-corrected chi connectivity index (χ3v) is 5.60. The number of hydrogen-bond acceptors (Lipinski definition) is 8. The van der Waals surface area contributed by atoms with E-state index in [2.05, 4.69) is 4.98 Å². The first-order valence-electron chi connectivity index (χ1n) is 8.87. The first-order chi connectivity index (χ1) is 14.6. The van der Waals surface area contributed by atoms with E-state index in [1.54, 1.807) is 24.3 Å². The molecule has 0 bridgehead atoms. The fourth-order valence-electron chi connectivity index (χ4n) is 3.08. The van der Waals surface area contributed by atoms with E-state index >= 15 is 0 Å². The molecule has 0 aliphatic carbocycles. The monoisotopic (exact) mass is 462 g/mol. The van der Waals surface area contributed by atoms with Crippen LogP contribution in [0, 0.1) is 0 Å². The van der Waals surface area contributed by atoms with Gasteiger partial charge in [-0.25, -0.2) is 18.5 Å². The maximum absolute atomic E-state index is 12.7. The summed E-state index contributed by atoms with van der Waals surface area (Å²) < 4.78 is 33.7. The Balaban J connectivity index is 1.93. The van der Waals surface area contributed by atoms with Gasteiger partial charge >= 0.3 is 0 Å². The van der Waals surface area contributed by atoms with Crippen molar-refractivity contribution in [3.05, 3.63) is 63.6 Å². The van der Waals surface area contributed by atoms with Crippen molar-refractivity contribution >= 4 is 32.6 Å². The Bertz CT molecular complexity index is 1470. The molecule has 0 spiro atoms. The number of halogens is 1. The number of nitrogens with two attached hydrogens (primary N) is 1. The molecule has 0 atom stereocenters. The average molecular weight is 463 g/mol. The molecular formula is C20H15ClN2O7S. The number of aromatic nitrogens is 1. The summed E-state index contributed by atoms with van der Waals surface area (Å²) in [5.74, 6) is -1.15. The molecule has 0 aliphatic heterocycles. The van der Waals surface area contributed by atoms with Crippen molar-refractivity contribution in [2.24, 2.45) is 5.14 Å². The van der Waals surface area contributed by atoms with E-state index in [1.165, 1.54) is 12.3 Å². The minimum Gasteiger partial charge on any atom is -0.507 e. The van der Waals surface area contributed by atoms with Gasteiger partial charge in [0.2, 0.25) is 15.9 Å². The highest BCUT2D eigenvalue weighted by atomic mass is 35.5. The molecule has 4 aromatic rings. The molecule has 0 aliphatic rings. The fourth-order valence-corrected chi connectivity index (χ4v) is 3.80. The van der Waals surface area contributed by atoms with E-state index in [4.69, 9.17) is 25.6 Å². The molecule has 11 heteroatoms. The molecule has 160 valence electrons. The number of fused-ring (bicyclic) bond motifs is 1. The van der Waals surface area contributed by atoms with Gasteiger partial charge in [-0.2, -0.15) is 0 Å². The lowest BCUT2D eigenvalue weighted by Gasteiger charge is -2.10. The first-order valence-corrected chi connectivity index (χ1v) is 11.0. The second kappa shape index (κ2) is 7.73. The third kappa shape index (κ3) is 4.13. The summed E-state index contributed by atoms with van der Waals surface area (Å²) >= 11 is 6.21. The van der Waals surface area contributed by atoms with Crippen LogP contribution in [-0.2, 0) is 16.4 Å². The summed E-state index contributed by atoms with van der Waals surface area (Å²) in [7, 11) is -3.71. The number of oxazole rings is 1. The molecule has 0 amide bonds. The Morgan fingerprint density at radius 3 is 2.55 bits per heavy atom. The Hall–Kier alpha value is -3.34. The van der Waals surface area contributed by atoms with Crippen molar-refractivity contribution in [3.8, 4) is 34.3 Å². The maximum atomic E-state index is 12.7. The van der Waals surface area contributed by atoms with Gasteiger partial charge in [-0.15, -0.1) is 0 Å². The number of benzene rings is 2. The maximum Gasteiger partial charge on any atom is 0.233 e. The van der Waals surface area contributed by atoms with E-state index in [-0.39, 0.29) is 46.1 Å². The summed E-state index contributed by atoms with van der Waals surface area (Å²) in [5.41, 5.74) is -0.394. The highest BCUT2D eigenvalue weighted by Gasteiger charge is 2.23. The zero-order valence-electron chi connectivity index (χ0n) is 15.7. The van der Waals surface area contributed by atoms with Crippen LogP contribution in [0.5, 0.6) is 11.5 Å². The van der Waals surface area contributed by atoms with Crippen LogP contribution in [0.25, 0.3) is 33.7 Å². The molecule has 2 aromatic carbocycles. The van der Waals surface area contributed by atoms with Crippen LogP contribution in [0.1, 0.15) is 5.76 Å². The zero-order chi connectivity index (χ0) is 22.3. The normalized spacial score (nSPS) is 11.8. The number of rotatable bonds is 5. The number of phenolic OH excluding ortho intramolecular Hbond substituents is 2. The molecule has 2 heterocycles. The number of aryl methyl sites for hydroxylation is 1. The molecule has 0 fully saturated rings. The summed E-state index contributed by atoms with van der Waals surface area (Å²) in [6.45, 7) is 0. The summed E-state index contributed by atoms with van der Waals surface area (Å²) in [5, 5.41) is 25.8. The van der Waals surface area contributed by atoms with Crippen LogP contribution < -0.4 is 10.6 Å². The standard InChI is InChI=1S/C20H15ClN2O7S/c21-12-4-2-1-3-11(12)16-8-15(26)17-13(24)7-14(25)18(19(17)30-16)20-23-9-10(29-20)5-6-31(22,27)28/h1-4,7-9,24-25H,5-6H2,(H2,22,27,28). The van der Waals surface area contributed by atoms with E-state index in [1.807, 2.05) is 0 Å². The number of hydrogen-bond donors (Lipinski definition) is 3. The van der Waals surface area contributed by atoms with E-state index in [0.29, 0.717) is 10.6 Å². The fraction of sp³-hybridized carbons (Fsp3) is 0.100. The number of sulfonamides is 1. The van der Waals surface area contributed by atoms with Gasteiger partial charge in [0.15, 0.2) is 11.0 Å². The first kappa shape index (κ1) is 20.9. The lowest BCUT2D eigenvalue weighted by atomic mass is 10.1. The van der Waals surface area contributed by atoms with Crippen molar-refractivity contribution in [1.29, 1.82) is 0 Å². The summed E-state index contributed by atoms with van der Waals surface area (Å²) in [6, 6.07) is 8.83. The number of aromatic hydroxyl groups is 2. The minimum absolute atomic E-state index is 0.0442. The van der Waals surface area contributed by atoms with Crippen LogP contribution in [0.2, 0.25) is 5.02 Å². The highest BCUT2D eigenvalue weighted by molar-refractivity contribution is 7.89. The summed E-state index contributed by atoms with van der Waals surface area (Å²) in [4.78, 5) is 16.8. The largest absolute Gasteiger partial charge is 0.507 e. The smallest absolute Gasteiger partial charge is 0.233 e. The topological polar surface area (TPSA) is 157 Å². The Morgan fingerprint density at radius 1 is 1.10 bits per heavy atom.